The molecule has 38 heavy (non-hydrogen) atoms. The second kappa shape index (κ2) is 11.8. The van der Waals surface area contributed by atoms with Crippen LogP contribution in [-0.2, 0) is 27.4 Å². The van der Waals surface area contributed by atoms with Gasteiger partial charge in [-0.3, -0.25) is 14.4 Å². The molecule has 194 valence electrons. The Labute approximate surface area is 215 Å². The van der Waals surface area contributed by atoms with Gasteiger partial charge in [-0.05, 0) is 29.3 Å². The Bertz CT molecular complexity index is 1540. The zero-order valence-electron chi connectivity index (χ0n) is 19.9. The first-order valence-electron chi connectivity index (χ1n) is 11.5. The normalized spacial score (nSPS) is 11.5. The third-order valence-corrected chi connectivity index (χ3v) is 5.64. The van der Waals surface area contributed by atoms with Crippen LogP contribution in [0.3, 0.4) is 0 Å². The van der Waals surface area contributed by atoms with Crippen molar-refractivity contribution in [2.24, 2.45) is 0 Å². The van der Waals surface area contributed by atoms with Crippen LogP contribution in [0.1, 0.15) is 23.2 Å². The van der Waals surface area contributed by atoms with E-state index >= 15 is 0 Å². The predicted octanol–water partition coefficient (Wildman–Crippen LogP) is 3.36. The highest BCUT2D eigenvalue weighted by Gasteiger charge is 2.25. The van der Waals surface area contributed by atoms with E-state index in [0.29, 0.717) is 27.6 Å². The maximum Gasteiger partial charge on any atom is 0.408 e. The summed E-state index contributed by atoms with van der Waals surface area (Å²) in [6.45, 7) is -0.0851. The van der Waals surface area contributed by atoms with E-state index in [1.54, 1.807) is 54.6 Å². The van der Waals surface area contributed by atoms with Gasteiger partial charge in [-0.1, -0.05) is 54.6 Å². The van der Waals surface area contributed by atoms with Crippen molar-refractivity contribution in [2.75, 3.05) is 5.32 Å². The van der Waals surface area contributed by atoms with Crippen LogP contribution >= 0.6 is 0 Å². The number of fused-ring (bicyclic) bond motifs is 1. The summed E-state index contributed by atoms with van der Waals surface area (Å²) in [6, 6.07) is 18.2. The number of ether oxygens (including phenoxy) is 1. The number of aliphatic carboxylic acids is 1. The average Bonchev–Trinajstić information content (AvgIpc) is 2.91. The molecule has 11 heteroatoms. The predicted molar refractivity (Wildman–Crippen MR) is 136 cm³/mol. The summed E-state index contributed by atoms with van der Waals surface area (Å²) in [5.41, 5.74) is 1.25. The van der Waals surface area contributed by atoms with Crippen molar-refractivity contribution in [2.45, 2.75) is 25.5 Å². The molecule has 0 aliphatic carbocycles. The molecule has 4 rings (SSSR count). The molecule has 4 N–H and O–H groups in total. The van der Waals surface area contributed by atoms with Crippen molar-refractivity contribution in [3.63, 3.8) is 0 Å². The molecule has 1 atom stereocenters. The van der Waals surface area contributed by atoms with Crippen LogP contribution in [-0.4, -0.2) is 39.3 Å². The minimum Gasteiger partial charge on any atom is -0.481 e. The van der Waals surface area contributed by atoms with Gasteiger partial charge in [0.05, 0.1) is 23.2 Å². The Morgan fingerprint density at radius 3 is 2.42 bits per heavy atom. The topological polar surface area (TPSA) is 150 Å². The summed E-state index contributed by atoms with van der Waals surface area (Å²) in [6.07, 6.45) is -1.54. The van der Waals surface area contributed by atoms with E-state index in [0.717, 1.165) is 6.07 Å². The van der Waals surface area contributed by atoms with Gasteiger partial charge >= 0.3 is 12.1 Å². The number of carbonyl (C=O) groups is 3. The zero-order chi connectivity index (χ0) is 27.1. The van der Waals surface area contributed by atoms with E-state index in [1.165, 1.54) is 12.1 Å². The van der Waals surface area contributed by atoms with E-state index in [2.05, 4.69) is 20.8 Å². The van der Waals surface area contributed by atoms with Gasteiger partial charge in [0.15, 0.2) is 0 Å². The molecule has 1 unspecified atom stereocenters. The number of rotatable bonds is 9. The Balaban J connectivity index is 1.47. The Hall–Kier alpha value is -5.06. The van der Waals surface area contributed by atoms with Crippen molar-refractivity contribution < 1.29 is 28.6 Å². The highest BCUT2D eigenvalue weighted by Crippen LogP contribution is 2.21. The fourth-order valence-corrected chi connectivity index (χ4v) is 3.79. The van der Waals surface area contributed by atoms with E-state index in [-0.39, 0.29) is 24.3 Å². The van der Waals surface area contributed by atoms with Crippen LogP contribution in [0.4, 0.5) is 14.9 Å². The van der Waals surface area contributed by atoms with Gasteiger partial charge in [-0.15, -0.1) is 0 Å². The number of benzene rings is 3. The van der Waals surface area contributed by atoms with Gasteiger partial charge in [0, 0.05) is 11.8 Å². The number of halogens is 1. The summed E-state index contributed by atoms with van der Waals surface area (Å²) in [5, 5.41) is 21.4. The molecule has 0 fully saturated rings. The molecule has 0 bridgehead atoms. The maximum atomic E-state index is 14.6. The second-order valence-electron chi connectivity index (χ2n) is 8.38. The Morgan fingerprint density at radius 2 is 1.68 bits per heavy atom. The minimum atomic E-state index is -1.52. The quantitative estimate of drug-likeness (QED) is 0.265. The van der Waals surface area contributed by atoms with E-state index in [1.807, 2.05) is 0 Å². The van der Waals surface area contributed by atoms with E-state index in [4.69, 9.17) is 4.74 Å². The molecule has 1 heterocycles. The number of carboxylic acid groups (broad SMARTS) is 1. The largest absolute Gasteiger partial charge is 0.481 e. The Morgan fingerprint density at radius 1 is 0.974 bits per heavy atom. The number of carbonyl (C=O) groups excluding carboxylic acids is 2. The number of H-pyrrole nitrogens is 1. The van der Waals surface area contributed by atoms with Gasteiger partial charge in [-0.2, -0.15) is 5.10 Å². The third-order valence-electron chi connectivity index (χ3n) is 5.64. The van der Waals surface area contributed by atoms with E-state index < -0.39 is 36.2 Å². The second-order valence-corrected chi connectivity index (χ2v) is 8.38. The monoisotopic (exact) mass is 518 g/mol. The average molecular weight is 519 g/mol. The number of hydrogen-bond acceptors (Lipinski definition) is 6. The zero-order valence-corrected chi connectivity index (χ0v) is 19.9. The lowest BCUT2D eigenvalue weighted by Crippen LogP contribution is -2.45. The van der Waals surface area contributed by atoms with Gasteiger partial charge in [0.1, 0.15) is 18.5 Å². The number of nitrogens with one attached hydrogen (secondary N) is 3. The number of carboxylic acids is 1. The molecule has 2 amide bonds. The van der Waals surface area contributed by atoms with Gasteiger partial charge in [0.2, 0.25) is 5.91 Å². The van der Waals surface area contributed by atoms with Crippen molar-refractivity contribution in [1.29, 1.82) is 0 Å². The molecule has 0 aliphatic rings. The first-order valence-corrected chi connectivity index (χ1v) is 11.5. The van der Waals surface area contributed by atoms with E-state index in [9.17, 15) is 28.7 Å². The molecule has 4 aromatic rings. The van der Waals surface area contributed by atoms with Crippen LogP contribution in [0, 0.1) is 5.82 Å². The van der Waals surface area contributed by atoms with Crippen molar-refractivity contribution in [3.05, 3.63) is 106 Å². The van der Waals surface area contributed by atoms with Crippen molar-refractivity contribution in [3.8, 4) is 0 Å². The van der Waals surface area contributed by atoms with Gasteiger partial charge in [-0.25, -0.2) is 14.3 Å². The SMILES string of the molecule is O=C(O)CC(NC(=O)OCc1ccccc1)C(=O)Nc1cc(Cc2n[nH]c(=O)c3ccccc23)ccc1F. The molecule has 0 saturated heterocycles. The van der Waals surface area contributed by atoms with Crippen LogP contribution in [0.15, 0.2) is 77.6 Å². The fraction of sp³-hybridized carbons (Fsp3) is 0.148. The van der Waals surface area contributed by atoms with Crippen LogP contribution in [0.25, 0.3) is 10.8 Å². The van der Waals surface area contributed by atoms with Crippen molar-refractivity contribution >= 4 is 34.4 Å². The number of alkyl carbamates (subject to hydrolysis) is 1. The van der Waals surface area contributed by atoms with Gasteiger partial charge < -0.3 is 20.5 Å². The summed E-state index contributed by atoms with van der Waals surface area (Å²) in [4.78, 5) is 48.4. The highest BCUT2D eigenvalue weighted by atomic mass is 19.1. The maximum absolute atomic E-state index is 14.6. The smallest absolute Gasteiger partial charge is 0.408 e. The third kappa shape index (κ3) is 6.58. The summed E-state index contributed by atoms with van der Waals surface area (Å²) in [5.74, 6) is -3.05. The first kappa shape index (κ1) is 26.0. The molecule has 0 radical (unpaired) electrons. The number of amides is 2. The van der Waals surface area contributed by atoms with Crippen LogP contribution in [0.5, 0.6) is 0 Å². The minimum absolute atomic E-state index is 0.0851. The summed E-state index contributed by atoms with van der Waals surface area (Å²) in [7, 11) is 0. The number of aromatic amines is 1. The molecular weight excluding hydrogens is 495 g/mol. The lowest BCUT2D eigenvalue weighted by molar-refractivity contribution is -0.139. The number of nitrogens with zero attached hydrogens (tertiary/aromatic N) is 1. The first-order chi connectivity index (χ1) is 18.3. The molecule has 1 aromatic heterocycles. The number of aromatic nitrogens is 2. The molecule has 0 saturated carbocycles. The standard InChI is InChI=1S/C27H23FN4O6/c28-20-11-10-17(12-21-18-8-4-5-9-19(18)25(35)32-31-21)13-22(20)29-26(36)23(14-24(33)34)30-27(37)38-15-16-6-2-1-3-7-16/h1-11,13,23H,12,14-15H2,(H,29,36)(H,30,37)(H,32,35)(H,33,34). The molecular formula is C27H23FN4O6. The van der Waals surface area contributed by atoms with Crippen LogP contribution in [0.2, 0.25) is 0 Å². The Kier molecular flexibility index (Phi) is 8.07. The number of hydrogen-bond donors (Lipinski definition) is 4. The molecule has 0 aliphatic heterocycles. The number of anilines is 1. The molecule has 0 spiro atoms. The van der Waals surface area contributed by atoms with Crippen molar-refractivity contribution in [1.82, 2.24) is 15.5 Å². The fourth-order valence-electron chi connectivity index (χ4n) is 3.79. The van der Waals surface area contributed by atoms with Gasteiger partial charge in [0.25, 0.3) is 5.56 Å². The lowest BCUT2D eigenvalue weighted by atomic mass is 10.0. The summed E-state index contributed by atoms with van der Waals surface area (Å²) < 4.78 is 19.6. The van der Waals surface area contributed by atoms with Crippen LogP contribution < -0.4 is 16.2 Å². The lowest BCUT2D eigenvalue weighted by Gasteiger charge is -2.17. The molecule has 10 nitrogen and oxygen atoms in total. The molecule has 3 aromatic carbocycles. The summed E-state index contributed by atoms with van der Waals surface area (Å²) >= 11 is 0. The highest BCUT2D eigenvalue weighted by molar-refractivity contribution is 5.98.